The summed E-state index contributed by atoms with van der Waals surface area (Å²) in [4.78, 5) is 8.21. The number of halogens is 1. The zero-order valence-electron chi connectivity index (χ0n) is 15.5. The third kappa shape index (κ3) is 4.77. The Labute approximate surface area is 164 Å². The van der Waals surface area contributed by atoms with Crippen molar-refractivity contribution in [2.45, 2.75) is 51.7 Å². The number of nitrogens with zero attached hydrogens (tertiary/aromatic N) is 2. The number of thiazole rings is 1. The van der Waals surface area contributed by atoms with Gasteiger partial charge in [-0.1, -0.05) is 18.5 Å². The van der Waals surface area contributed by atoms with E-state index in [-0.39, 0.29) is 0 Å². The molecule has 1 aromatic carbocycles. The van der Waals surface area contributed by atoms with Crippen LogP contribution in [0.2, 0.25) is 5.02 Å². The van der Waals surface area contributed by atoms with Crippen molar-refractivity contribution in [3.8, 4) is 5.75 Å². The van der Waals surface area contributed by atoms with Crippen molar-refractivity contribution in [2.75, 3.05) is 19.6 Å². The fourth-order valence-electron chi connectivity index (χ4n) is 3.37. The molecule has 1 aliphatic rings. The number of rotatable bonds is 6. The summed E-state index contributed by atoms with van der Waals surface area (Å²) in [5.74, 6) is 0.784. The Morgan fingerprint density at radius 3 is 2.77 bits per heavy atom. The molecule has 1 aromatic heterocycles. The lowest BCUT2D eigenvalue weighted by atomic mass is 9.96. The maximum absolute atomic E-state index is 11.2. The predicted molar refractivity (Wildman–Crippen MR) is 107 cm³/mol. The highest BCUT2D eigenvalue weighted by molar-refractivity contribution is 7.11. The molecule has 1 saturated heterocycles. The molecule has 0 radical (unpaired) electrons. The van der Waals surface area contributed by atoms with E-state index in [1.807, 2.05) is 31.2 Å². The van der Waals surface area contributed by atoms with E-state index in [1.54, 1.807) is 11.3 Å². The maximum Gasteiger partial charge on any atom is 0.125 e. The Kier molecular flexibility index (Phi) is 6.56. The molecule has 2 heterocycles. The molecule has 3 rings (SSSR count). The molecule has 0 spiro atoms. The maximum atomic E-state index is 11.2. The lowest BCUT2D eigenvalue weighted by Gasteiger charge is -2.24. The topological polar surface area (TPSA) is 45.6 Å². The SMILES string of the molecule is CCCN1CCC[C@@](O)(c2nc(C)c(COc3ccc(Cl)cc3)s2)CC1. The van der Waals surface area contributed by atoms with Crippen molar-refractivity contribution in [2.24, 2.45) is 0 Å². The van der Waals surface area contributed by atoms with Crippen LogP contribution >= 0.6 is 22.9 Å². The molecule has 0 unspecified atom stereocenters. The van der Waals surface area contributed by atoms with Crippen LogP contribution in [0.15, 0.2) is 24.3 Å². The van der Waals surface area contributed by atoms with Crippen molar-refractivity contribution in [3.63, 3.8) is 0 Å². The number of likely N-dealkylation sites (tertiary alicyclic amines) is 1. The van der Waals surface area contributed by atoms with Gasteiger partial charge in [0.25, 0.3) is 0 Å². The molecule has 1 fully saturated rings. The molecule has 6 heteroatoms. The van der Waals surface area contributed by atoms with Gasteiger partial charge in [-0.3, -0.25) is 0 Å². The minimum atomic E-state index is -0.809. The van der Waals surface area contributed by atoms with Gasteiger partial charge in [-0.25, -0.2) is 4.98 Å². The molecule has 142 valence electrons. The van der Waals surface area contributed by atoms with E-state index in [0.29, 0.717) is 11.6 Å². The molecule has 0 bridgehead atoms. The summed E-state index contributed by atoms with van der Waals surface area (Å²) in [7, 11) is 0. The number of hydrogen-bond donors (Lipinski definition) is 1. The van der Waals surface area contributed by atoms with Gasteiger partial charge in [0, 0.05) is 11.6 Å². The van der Waals surface area contributed by atoms with Gasteiger partial charge in [0.05, 0.1) is 10.6 Å². The highest BCUT2D eigenvalue weighted by Gasteiger charge is 2.35. The van der Waals surface area contributed by atoms with Crippen molar-refractivity contribution >= 4 is 22.9 Å². The first-order valence-electron chi connectivity index (χ1n) is 9.30. The molecule has 1 aliphatic heterocycles. The Balaban J connectivity index is 1.67. The Hall–Kier alpha value is -1.14. The summed E-state index contributed by atoms with van der Waals surface area (Å²) in [5.41, 5.74) is 0.137. The fraction of sp³-hybridized carbons (Fsp3) is 0.550. The lowest BCUT2D eigenvalue weighted by Crippen LogP contribution is -2.29. The third-order valence-electron chi connectivity index (χ3n) is 4.92. The second-order valence-corrected chi connectivity index (χ2v) is 8.52. The summed E-state index contributed by atoms with van der Waals surface area (Å²) in [5, 5.41) is 12.8. The first-order valence-corrected chi connectivity index (χ1v) is 10.5. The zero-order chi connectivity index (χ0) is 18.6. The second kappa shape index (κ2) is 8.70. The quantitative estimate of drug-likeness (QED) is 0.766. The van der Waals surface area contributed by atoms with E-state index >= 15 is 0 Å². The second-order valence-electron chi connectivity index (χ2n) is 7.00. The van der Waals surface area contributed by atoms with Crippen molar-refractivity contribution in [1.82, 2.24) is 9.88 Å². The first kappa shape index (κ1) is 19.6. The highest BCUT2D eigenvalue weighted by atomic mass is 35.5. The molecule has 1 atom stereocenters. The lowest BCUT2D eigenvalue weighted by molar-refractivity contribution is 0.0209. The Morgan fingerprint density at radius 1 is 1.27 bits per heavy atom. The van der Waals surface area contributed by atoms with Gasteiger partial charge in [-0.05, 0) is 70.0 Å². The van der Waals surface area contributed by atoms with Crippen molar-refractivity contribution in [3.05, 3.63) is 44.9 Å². The van der Waals surface area contributed by atoms with Crippen molar-refractivity contribution in [1.29, 1.82) is 0 Å². The van der Waals surface area contributed by atoms with E-state index in [2.05, 4.69) is 11.8 Å². The molecule has 1 N–H and O–H groups in total. The van der Waals surface area contributed by atoms with Gasteiger partial charge >= 0.3 is 0 Å². The summed E-state index contributed by atoms with van der Waals surface area (Å²) in [6.45, 7) is 7.75. The molecular formula is C20H27ClN2O2S. The fourth-order valence-corrected chi connectivity index (χ4v) is 4.62. The third-order valence-corrected chi connectivity index (χ3v) is 6.50. The van der Waals surface area contributed by atoms with Crippen LogP contribution in [0, 0.1) is 6.92 Å². The Bertz CT molecular complexity index is 719. The zero-order valence-corrected chi connectivity index (χ0v) is 17.1. The van der Waals surface area contributed by atoms with Gasteiger partial charge < -0.3 is 14.7 Å². The minimum absolute atomic E-state index is 0.461. The van der Waals surface area contributed by atoms with Crippen LogP contribution in [-0.4, -0.2) is 34.6 Å². The van der Waals surface area contributed by atoms with Crippen LogP contribution in [0.25, 0.3) is 0 Å². The number of aryl methyl sites for hydroxylation is 1. The average Bonchev–Trinajstić information content (AvgIpc) is 2.90. The molecule has 0 aliphatic carbocycles. The standard InChI is InChI=1S/C20H27ClN2O2S/c1-3-11-23-12-4-9-20(24,10-13-23)19-22-15(2)18(26-19)14-25-17-7-5-16(21)6-8-17/h5-8,24H,3-4,9-14H2,1-2H3/t20-/m0/s1. The number of hydrogen-bond acceptors (Lipinski definition) is 5. The number of ether oxygens (including phenoxy) is 1. The smallest absolute Gasteiger partial charge is 0.125 e. The predicted octanol–water partition coefficient (Wildman–Crippen LogP) is 4.77. The van der Waals surface area contributed by atoms with Gasteiger partial charge in [-0.15, -0.1) is 11.3 Å². The van der Waals surface area contributed by atoms with E-state index in [4.69, 9.17) is 21.3 Å². The van der Waals surface area contributed by atoms with E-state index < -0.39 is 5.60 Å². The molecule has 0 amide bonds. The molecule has 26 heavy (non-hydrogen) atoms. The average molecular weight is 395 g/mol. The van der Waals surface area contributed by atoms with E-state index in [9.17, 15) is 5.11 Å². The van der Waals surface area contributed by atoms with E-state index in [1.165, 1.54) is 0 Å². The largest absolute Gasteiger partial charge is 0.488 e. The van der Waals surface area contributed by atoms with Crippen LogP contribution in [0.3, 0.4) is 0 Å². The van der Waals surface area contributed by atoms with Gasteiger partial charge in [0.1, 0.15) is 23.0 Å². The summed E-state index contributed by atoms with van der Waals surface area (Å²) in [6.07, 6.45) is 3.68. The van der Waals surface area contributed by atoms with Crippen LogP contribution in [0.4, 0.5) is 0 Å². The number of aromatic nitrogens is 1. The van der Waals surface area contributed by atoms with Crippen molar-refractivity contribution < 1.29 is 9.84 Å². The summed E-state index contributed by atoms with van der Waals surface area (Å²) >= 11 is 7.49. The Morgan fingerprint density at radius 2 is 2.04 bits per heavy atom. The monoisotopic (exact) mass is 394 g/mol. The normalized spacial score (nSPS) is 21.5. The summed E-state index contributed by atoms with van der Waals surface area (Å²) in [6, 6.07) is 7.36. The molecule has 4 nitrogen and oxygen atoms in total. The van der Waals surface area contributed by atoms with Gasteiger partial charge in [0.15, 0.2) is 0 Å². The first-order chi connectivity index (χ1) is 12.5. The highest BCUT2D eigenvalue weighted by Crippen LogP contribution is 2.36. The summed E-state index contributed by atoms with van der Waals surface area (Å²) < 4.78 is 5.86. The van der Waals surface area contributed by atoms with Crippen LogP contribution in [-0.2, 0) is 12.2 Å². The molecule has 2 aromatic rings. The van der Waals surface area contributed by atoms with Gasteiger partial charge in [0.2, 0.25) is 0 Å². The van der Waals surface area contributed by atoms with Crippen LogP contribution < -0.4 is 4.74 Å². The minimum Gasteiger partial charge on any atom is -0.488 e. The molecule has 0 saturated carbocycles. The molecular weight excluding hydrogens is 368 g/mol. The van der Waals surface area contributed by atoms with Gasteiger partial charge in [-0.2, -0.15) is 0 Å². The van der Waals surface area contributed by atoms with Crippen LogP contribution in [0.5, 0.6) is 5.75 Å². The van der Waals surface area contributed by atoms with Crippen LogP contribution in [0.1, 0.15) is 48.2 Å². The number of benzene rings is 1. The van der Waals surface area contributed by atoms with E-state index in [0.717, 1.165) is 66.6 Å². The number of aliphatic hydroxyl groups is 1.